The lowest BCUT2D eigenvalue weighted by atomic mass is 10.3. The van der Waals surface area contributed by atoms with Crippen LogP contribution in [0.3, 0.4) is 0 Å². The van der Waals surface area contributed by atoms with Crippen LogP contribution in [0.4, 0.5) is 0 Å². The van der Waals surface area contributed by atoms with E-state index in [0.29, 0.717) is 19.8 Å². The van der Waals surface area contributed by atoms with E-state index in [1.807, 2.05) is 19.1 Å². The van der Waals surface area contributed by atoms with Gasteiger partial charge in [0.1, 0.15) is 12.4 Å². The first-order valence-electron chi connectivity index (χ1n) is 4.50. The SMILES string of the molecule is CCOCCOc1c(Br)cc(Br)cc1Br. The lowest BCUT2D eigenvalue weighted by molar-refractivity contribution is 0.109. The molecule has 0 aromatic heterocycles. The van der Waals surface area contributed by atoms with Crippen LogP contribution >= 0.6 is 47.8 Å². The van der Waals surface area contributed by atoms with E-state index in [0.717, 1.165) is 19.2 Å². The molecule has 1 aromatic rings. The predicted molar refractivity (Wildman–Crippen MR) is 71.5 cm³/mol. The summed E-state index contributed by atoms with van der Waals surface area (Å²) >= 11 is 10.3. The zero-order valence-corrected chi connectivity index (χ0v) is 13.0. The number of hydrogen-bond donors (Lipinski definition) is 0. The van der Waals surface area contributed by atoms with Crippen LogP contribution in [0.2, 0.25) is 0 Å². The fraction of sp³-hybridized carbons (Fsp3) is 0.400. The molecule has 0 spiro atoms. The largest absolute Gasteiger partial charge is 0.489 e. The van der Waals surface area contributed by atoms with E-state index in [2.05, 4.69) is 47.8 Å². The second-order valence-corrected chi connectivity index (χ2v) is 5.37. The number of rotatable bonds is 5. The van der Waals surface area contributed by atoms with Gasteiger partial charge >= 0.3 is 0 Å². The van der Waals surface area contributed by atoms with Gasteiger partial charge in [-0.05, 0) is 50.9 Å². The molecule has 0 bridgehead atoms. The van der Waals surface area contributed by atoms with Crippen molar-refractivity contribution in [3.63, 3.8) is 0 Å². The Morgan fingerprint density at radius 3 is 2.20 bits per heavy atom. The molecule has 5 heteroatoms. The lowest BCUT2D eigenvalue weighted by Crippen LogP contribution is -2.06. The molecule has 0 aliphatic carbocycles. The molecule has 0 aliphatic heterocycles. The number of benzene rings is 1. The maximum atomic E-state index is 5.59. The molecule has 1 aromatic carbocycles. The highest BCUT2D eigenvalue weighted by Crippen LogP contribution is 2.36. The van der Waals surface area contributed by atoms with Gasteiger partial charge in [0, 0.05) is 11.1 Å². The van der Waals surface area contributed by atoms with Gasteiger partial charge in [-0.15, -0.1) is 0 Å². The van der Waals surface area contributed by atoms with Crippen molar-refractivity contribution >= 4 is 47.8 Å². The maximum absolute atomic E-state index is 5.59. The van der Waals surface area contributed by atoms with E-state index >= 15 is 0 Å². The number of ether oxygens (including phenoxy) is 2. The Morgan fingerprint density at radius 2 is 1.67 bits per heavy atom. The molecule has 2 nitrogen and oxygen atoms in total. The van der Waals surface area contributed by atoms with Gasteiger partial charge in [0.2, 0.25) is 0 Å². The fourth-order valence-corrected chi connectivity index (χ4v) is 3.50. The van der Waals surface area contributed by atoms with Crippen LogP contribution in [-0.2, 0) is 4.74 Å². The summed E-state index contributed by atoms with van der Waals surface area (Å²) in [6, 6.07) is 3.89. The van der Waals surface area contributed by atoms with Crippen molar-refractivity contribution in [2.24, 2.45) is 0 Å². The minimum atomic E-state index is 0.548. The van der Waals surface area contributed by atoms with Crippen LogP contribution < -0.4 is 4.74 Å². The van der Waals surface area contributed by atoms with Crippen molar-refractivity contribution < 1.29 is 9.47 Å². The monoisotopic (exact) mass is 400 g/mol. The summed E-state index contributed by atoms with van der Waals surface area (Å²) in [6.45, 7) is 3.83. The molecule has 0 amide bonds. The van der Waals surface area contributed by atoms with E-state index in [-0.39, 0.29) is 0 Å². The summed E-state index contributed by atoms with van der Waals surface area (Å²) in [7, 11) is 0. The Bertz CT molecular complexity index is 305. The first-order chi connectivity index (χ1) is 7.15. The average molecular weight is 403 g/mol. The molecule has 0 unspecified atom stereocenters. The minimum absolute atomic E-state index is 0.548. The highest BCUT2D eigenvalue weighted by atomic mass is 79.9. The van der Waals surface area contributed by atoms with Gasteiger partial charge in [-0.1, -0.05) is 15.9 Å². The second kappa shape index (κ2) is 6.89. The van der Waals surface area contributed by atoms with E-state index in [1.54, 1.807) is 0 Å². The molecular weight excluding hydrogens is 392 g/mol. The zero-order valence-electron chi connectivity index (χ0n) is 8.23. The van der Waals surface area contributed by atoms with Crippen molar-refractivity contribution in [3.8, 4) is 5.75 Å². The molecule has 15 heavy (non-hydrogen) atoms. The Morgan fingerprint density at radius 1 is 1.07 bits per heavy atom. The molecule has 0 heterocycles. The average Bonchev–Trinajstić information content (AvgIpc) is 2.15. The molecule has 0 atom stereocenters. The minimum Gasteiger partial charge on any atom is -0.489 e. The molecule has 0 aliphatic rings. The van der Waals surface area contributed by atoms with Crippen LogP contribution in [0.1, 0.15) is 6.92 Å². The standard InChI is InChI=1S/C10H11Br3O2/c1-2-14-3-4-15-10-8(12)5-7(11)6-9(10)13/h5-6H,2-4H2,1H3. The summed E-state index contributed by atoms with van der Waals surface area (Å²) in [6.07, 6.45) is 0. The Balaban J connectivity index is 2.60. The van der Waals surface area contributed by atoms with Crippen LogP contribution in [0.15, 0.2) is 25.6 Å². The first kappa shape index (κ1) is 13.5. The quantitative estimate of drug-likeness (QED) is 0.680. The maximum Gasteiger partial charge on any atom is 0.147 e. The van der Waals surface area contributed by atoms with Gasteiger partial charge in [-0.3, -0.25) is 0 Å². The molecule has 0 saturated heterocycles. The smallest absolute Gasteiger partial charge is 0.147 e. The van der Waals surface area contributed by atoms with Gasteiger partial charge in [0.25, 0.3) is 0 Å². The van der Waals surface area contributed by atoms with Gasteiger partial charge in [0.15, 0.2) is 0 Å². The number of halogens is 3. The number of hydrogen-bond acceptors (Lipinski definition) is 2. The van der Waals surface area contributed by atoms with Crippen molar-refractivity contribution in [3.05, 3.63) is 25.6 Å². The predicted octanol–water partition coefficient (Wildman–Crippen LogP) is 4.39. The summed E-state index contributed by atoms with van der Waals surface area (Å²) in [5.41, 5.74) is 0. The van der Waals surface area contributed by atoms with E-state index in [4.69, 9.17) is 9.47 Å². The molecule has 0 fully saturated rings. The van der Waals surface area contributed by atoms with E-state index < -0.39 is 0 Å². The first-order valence-corrected chi connectivity index (χ1v) is 6.88. The molecular formula is C10H11Br3O2. The zero-order chi connectivity index (χ0) is 11.3. The molecule has 1 rings (SSSR count). The normalized spacial score (nSPS) is 10.4. The van der Waals surface area contributed by atoms with Crippen LogP contribution in [0, 0.1) is 0 Å². The molecule has 0 N–H and O–H groups in total. The third-order valence-corrected chi connectivity index (χ3v) is 3.28. The lowest BCUT2D eigenvalue weighted by Gasteiger charge is -2.10. The summed E-state index contributed by atoms with van der Waals surface area (Å²) in [5, 5.41) is 0. The fourth-order valence-electron chi connectivity index (χ4n) is 1.01. The van der Waals surface area contributed by atoms with Gasteiger partial charge in [-0.25, -0.2) is 0 Å². The summed E-state index contributed by atoms with van der Waals surface area (Å²) in [4.78, 5) is 0. The Labute approximate surface area is 115 Å². The van der Waals surface area contributed by atoms with Gasteiger partial charge in [-0.2, -0.15) is 0 Å². The third kappa shape index (κ3) is 4.43. The van der Waals surface area contributed by atoms with Crippen molar-refractivity contribution in [2.75, 3.05) is 19.8 Å². The molecule has 84 valence electrons. The van der Waals surface area contributed by atoms with Crippen molar-refractivity contribution in [1.29, 1.82) is 0 Å². The van der Waals surface area contributed by atoms with Crippen LogP contribution in [0.5, 0.6) is 5.75 Å². The Hall–Kier alpha value is 0.420. The summed E-state index contributed by atoms with van der Waals surface area (Å²) in [5.74, 6) is 0.804. The highest BCUT2D eigenvalue weighted by Gasteiger charge is 2.07. The van der Waals surface area contributed by atoms with Crippen molar-refractivity contribution in [1.82, 2.24) is 0 Å². The highest BCUT2D eigenvalue weighted by molar-refractivity contribution is 9.11. The van der Waals surface area contributed by atoms with Gasteiger partial charge < -0.3 is 9.47 Å². The van der Waals surface area contributed by atoms with Gasteiger partial charge in [0.05, 0.1) is 15.6 Å². The second-order valence-electron chi connectivity index (χ2n) is 2.74. The topological polar surface area (TPSA) is 18.5 Å². The summed E-state index contributed by atoms with van der Waals surface area (Å²) < 4.78 is 13.6. The van der Waals surface area contributed by atoms with E-state index in [1.165, 1.54) is 0 Å². The Kier molecular flexibility index (Phi) is 6.19. The van der Waals surface area contributed by atoms with Crippen LogP contribution in [-0.4, -0.2) is 19.8 Å². The third-order valence-electron chi connectivity index (χ3n) is 1.64. The van der Waals surface area contributed by atoms with Crippen LogP contribution in [0.25, 0.3) is 0 Å². The van der Waals surface area contributed by atoms with E-state index in [9.17, 15) is 0 Å². The molecule has 0 saturated carbocycles. The molecule has 0 radical (unpaired) electrons. The van der Waals surface area contributed by atoms with Crippen molar-refractivity contribution in [2.45, 2.75) is 6.92 Å².